The molecule has 0 unspecified atom stereocenters. The molecule has 1 amide bonds. The van der Waals surface area contributed by atoms with E-state index in [0.29, 0.717) is 28.2 Å². The van der Waals surface area contributed by atoms with Crippen LogP contribution in [0.25, 0.3) is 11.0 Å². The van der Waals surface area contributed by atoms with Gasteiger partial charge in [0.1, 0.15) is 22.6 Å². The third-order valence-corrected chi connectivity index (χ3v) is 3.85. The molecule has 0 saturated carbocycles. The fraction of sp³-hybridized carbons (Fsp3) is 0.158. The van der Waals surface area contributed by atoms with E-state index in [-0.39, 0.29) is 5.56 Å². The number of methoxy groups -OCH3 is 2. The van der Waals surface area contributed by atoms with E-state index in [4.69, 9.17) is 13.9 Å². The Balaban J connectivity index is 2.00. The molecule has 0 aliphatic heterocycles. The molecule has 0 spiro atoms. The van der Waals surface area contributed by atoms with Gasteiger partial charge in [0, 0.05) is 11.5 Å². The maximum absolute atomic E-state index is 12.6. The molecule has 6 nitrogen and oxygen atoms in total. The number of para-hydroxylation sites is 1. The van der Waals surface area contributed by atoms with Crippen LogP contribution in [0.1, 0.15) is 15.9 Å². The van der Waals surface area contributed by atoms with Crippen LogP contribution in [-0.4, -0.2) is 20.1 Å². The molecule has 3 aromatic rings. The van der Waals surface area contributed by atoms with Gasteiger partial charge in [-0.05, 0) is 30.7 Å². The van der Waals surface area contributed by atoms with Crippen molar-refractivity contribution in [2.45, 2.75) is 6.92 Å². The Hall–Kier alpha value is -3.28. The zero-order chi connectivity index (χ0) is 18.0. The lowest BCUT2D eigenvalue weighted by Crippen LogP contribution is -2.21. The normalized spacial score (nSPS) is 10.5. The van der Waals surface area contributed by atoms with Crippen molar-refractivity contribution < 1.29 is 18.7 Å². The summed E-state index contributed by atoms with van der Waals surface area (Å²) in [5.74, 6) is 0.488. The van der Waals surface area contributed by atoms with E-state index >= 15 is 0 Å². The Labute approximate surface area is 144 Å². The number of carbonyl (C=O) groups is 1. The molecular formula is C19H17NO5. The van der Waals surface area contributed by atoms with E-state index in [1.165, 1.54) is 13.2 Å². The monoisotopic (exact) mass is 339 g/mol. The molecule has 0 bridgehead atoms. The second-order valence-electron chi connectivity index (χ2n) is 5.46. The highest BCUT2D eigenvalue weighted by Gasteiger charge is 2.17. The van der Waals surface area contributed by atoms with Crippen molar-refractivity contribution in [1.29, 1.82) is 0 Å². The SMILES string of the molecule is COc1cc(NC(=O)c2cc3ccccc3oc2=O)c(OC)cc1C. The summed E-state index contributed by atoms with van der Waals surface area (Å²) in [6.45, 7) is 1.87. The number of benzene rings is 2. The third kappa shape index (κ3) is 3.19. The first-order valence-electron chi connectivity index (χ1n) is 7.60. The first-order valence-corrected chi connectivity index (χ1v) is 7.60. The lowest BCUT2D eigenvalue weighted by Gasteiger charge is -2.13. The van der Waals surface area contributed by atoms with E-state index in [0.717, 1.165) is 5.56 Å². The molecule has 0 saturated heterocycles. The van der Waals surface area contributed by atoms with E-state index in [1.54, 1.807) is 43.5 Å². The average Bonchev–Trinajstić information content (AvgIpc) is 2.62. The predicted molar refractivity (Wildman–Crippen MR) is 94.7 cm³/mol. The summed E-state index contributed by atoms with van der Waals surface area (Å²) < 4.78 is 15.8. The van der Waals surface area contributed by atoms with Crippen molar-refractivity contribution in [3.8, 4) is 11.5 Å². The minimum atomic E-state index is -0.700. The van der Waals surface area contributed by atoms with Gasteiger partial charge in [-0.3, -0.25) is 4.79 Å². The lowest BCUT2D eigenvalue weighted by molar-refractivity contribution is 0.102. The fourth-order valence-corrected chi connectivity index (χ4v) is 2.56. The highest BCUT2D eigenvalue weighted by molar-refractivity contribution is 6.06. The van der Waals surface area contributed by atoms with Gasteiger partial charge in [-0.1, -0.05) is 18.2 Å². The Bertz CT molecular complexity index is 1010. The zero-order valence-electron chi connectivity index (χ0n) is 14.1. The second-order valence-corrected chi connectivity index (χ2v) is 5.46. The van der Waals surface area contributed by atoms with E-state index in [9.17, 15) is 9.59 Å². The standard InChI is InChI=1S/C19H17NO5/c1-11-8-17(24-3)14(10-16(11)23-2)20-18(21)13-9-12-6-4-5-7-15(12)25-19(13)22/h4-10H,1-3H3,(H,20,21). The van der Waals surface area contributed by atoms with Gasteiger partial charge in [-0.25, -0.2) is 4.79 Å². The Morgan fingerprint density at radius 1 is 1.04 bits per heavy atom. The summed E-state index contributed by atoms with van der Waals surface area (Å²) in [5, 5.41) is 3.35. The predicted octanol–water partition coefficient (Wildman–Crippen LogP) is 3.37. The average molecular weight is 339 g/mol. The molecule has 1 heterocycles. The number of carbonyl (C=O) groups excluding carboxylic acids is 1. The molecule has 0 atom stereocenters. The van der Waals surface area contributed by atoms with Gasteiger partial charge >= 0.3 is 5.63 Å². The van der Waals surface area contributed by atoms with Crippen LogP contribution >= 0.6 is 0 Å². The highest BCUT2D eigenvalue weighted by Crippen LogP contribution is 2.32. The van der Waals surface area contributed by atoms with Crippen LogP contribution in [0.15, 0.2) is 51.7 Å². The van der Waals surface area contributed by atoms with Crippen molar-refractivity contribution in [3.63, 3.8) is 0 Å². The van der Waals surface area contributed by atoms with Crippen LogP contribution < -0.4 is 20.4 Å². The van der Waals surface area contributed by atoms with Crippen molar-refractivity contribution >= 4 is 22.6 Å². The van der Waals surface area contributed by atoms with Crippen LogP contribution in [0.4, 0.5) is 5.69 Å². The number of aryl methyl sites for hydroxylation is 1. The summed E-state index contributed by atoms with van der Waals surface area (Å²) in [6, 6.07) is 11.9. The van der Waals surface area contributed by atoms with Gasteiger partial charge in [0.15, 0.2) is 0 Å². The minimum Gasteiger partial charge on any atom is -0.496 e. The summed E-state index contributed by atoms with van der Waals surface area (Å²) >= 11 is 0. The number of hydrogen-bond acceptors (Lipinski definition) is 5. The smallest absolute Gasteiger partial charge is 0.349 e. The summed E-state index contributed by atoms with van der Waals surface area (Å²) in [6.07, 6.45) is 0. The Kier molecular flexibility index (Phi) is 4.43. The van der Waals surface area contributed by atoms with Crippen LogP contribution in [0.2, 0.25) is 0 Å². The summed E-state index contributed by atoms with van der Waals surface area (Å²) in [5.41, 5.74) is 0.915. The van der Waals surface area contributed by atoms with Crippen molar-refractivity contribution in [2.24, 2.45) is 0 Å². The molecule has 25 heavy (non-hydrogen) atoms. The maximum Gasteiger partial charge on any atom is 0.349 e. The van der Waals surface area contributed by atoms with E-state index in [2.05, 4.69) is 5.32 Å². The second kappa shape index (κ2) is 6.68. The maximum atomic E-state index is 12.6. The minimum absolute atomic E-state index is 0.0831. The van der Waals surface area contributed by atoms with Crippen LogP contribution in [0.3, 0.4) is 0 Å². The van der Waals surface area contributed by atoms with Crippen LogP contribution in [0.5, 0.6) is 11.5 Å². The lowest BCUT2D eigenvalue weighted by atomic mass is 10.1. The van der Waals surface area contributed by atoms with Gasteiger partial charge < -0.3 is 19.2 Å². The van der Waals surface area contributed by atoms with Gasteiger partial charge in [-0.2, -0.15) is 0 Å². The molecule has 128 valence electrons. The van der Waals surface area contributed by atoms with Crippen molar-refractivity contribution in [2.75, 3.05) is 19.5 Å². The molecule has 0 radical (unpaired) electrons. The highest BCUT2D eigenvalue weighted by atomic mass is 16.5. The number of hydrogen-bond donors (Lipinski definition) is 1. The number of ether oxygens (including phenoxy) is 2. The van der Waals surface area contributed by atoms with E-state index in [1.807, 2.05) is 6.92 Å². The Morgan fingerprint density at radius 2 is 1.76 bits per heavy atom. The first kappa shape index (κ1) is 16.6. The van der Waals surface area contributed by atoms with Crippen LogP contribution in [0, 0.1) is 6.92 Å². The molecule has 0 aliphatic rings. The topological polar surface area (TPSA) is 77.8 Å². The van der Waals surface area contributed by atoms with Crippen molar-refractivity contribution in [3.05, 3.63) is 64.0 Å². The first-order chi connectivity index (χ1) is 12.0. The number of anilines is 1. The molecule has 1 aromatic heterocycles. The number of fused-ring (bicyclic) bond motifs is 1. The molecule has 6 heteroatoms. The quantitative estimate of drug-likeness (QED) is 0.737. The van der Waals surface area contributed by atoms with Gasteiger partial charge in [0.25, 0.3) is 5.91 Å². The number of rotatable bonds is 4. The molecule has 3 rings (SSSR count). The van der Waals surface area contributed by atoms with Crippen LogP contribution in [-0.2, 0) is 0 Å². The van der Waals surface area contributed by atoms with Gasteiger partial charge in [0.2, 0.25) is 0 Å². The summed E-state index contributed by atoms with van der Waals surface area (Å²) in [4.78, 5) is 24.7. The molecule has 0 fully saturated rings. The number of nitrogens with one attached hydrogen (secondary N) is 1. The largest absolute Gasteiger partial charge is 0.496 e. The number of amides is 1. The Morgan fingerprint density at radius 3 is 2.48 bits per heavy atom. The molecule has 1 N–H and O–H groups in total. The van der Waals surface area contributed by atoms with Gasteiger partial charge in [0.05, 0.1) is 19.9 Å². The fourth-order valence-electron chi connectivity index (χ4n) is 2.56. The van der Waals surface area contributed by atoms with Gasteiger partial charge in [-0.15, -0.1) is 0 Å². The third-order valence-electron chi connectivity index (χ3n) is 3.85. The molecule has 2 aromatic carbocycles. The summed E-state index contributed by atoms with van der Waals surface area (Å²) in [7, 11) is 3.04. The molecule has 0 aliphatic carbocycles. The van der Waals surface area contributed by atoms with Crippen molar-refractivity contribution in [1.82, 2.24) is 0 Å². The molecular weight excluding hydrogens is 322 g/mol. The zero-order valence-corrected chi connectivity index (χ0v) is 14.1. The van der Waals surface area contributed by atoms with E-state index < -0.39 is 11.5 Å².